The number of urea groups is 1. The molecule has 2 bridgehead atoms. The highest BCUT2D eigenvalue weighted by Crippen LogP contribution is 2.19. The van der Waals surface area contributed by atoms with Gasteiger partial charge in [0.15, 0.2) is 0 Å². The summed E-state index contributed by atoms with van der Waals surface area (Å²) in [6, 6.07) is 0.728. The molecule has 11 heavy (non-hydrogen) atoms. The molecule has 0 aromatic carbocycles. The zero-order valence-corrected chi connectivity index (χ0v) is 6.42. The monoisotopic (exact) mass is 155 g/mol. The third kappa shape index (κ3) is 1.18. The summed E-state index contributed by atoms with van der Waals surface area (Å²) in [5, 5.41) is 3.43. The number of hydrogen-bond donors (Lipinski definition) is 2. The van der Waals surface area contributed by atoms with Crippen LogP contribution in [-0.4, -0.2) is 36.1 Å². The van der Waals surface area contributed by atoms with E-state index < -0.39 is 0 Å². The van der Waals surface area contributed by atoms with Crippen molar-refractivity contribution in [2.24, 2.45) is 5.73 Å². The summed E-state index contributed by atoms with van der Waals surface area (Å²) in [4.78, 5) is 12.5. The number of primary amides is 1. The van der Waals surface area contributed by atoms with Gasteiger partial charge in [0.2, 0.25) is 0 Å². The van der Waals surface area contributed by atoms with Crippen LogP contribution in [0.25, 0.3) is 0 Å². The number of amides is 2. The Morgan fingerprint density at radius 3 is 2.36 bits per heavy atom. The van der Waals surface area contributed by atoms with Gasteiger partial charge in [0.1, 0.15) is 0 Å². The average Bonchev–Trinajstić information content (AvgIpc) is 2.30. The van der Waals surface area contributed by atoms with E-state index in [1.165, 1.54) is 12.8 Å². The average molecular weight is 155 g/mol. The van der Waals surface area contributed by atoms with Crippen molar-refractivity contribution in [2.45, 2.75) is 24.9 Å². The van der Waals surface area contributed by atoms with Crippen LogP contribution in [-0.2, 0) is 0 Å². The highest BCUT2D eigenvalue weighted by atomic mass is 16.2. The van der Waals surface area contributed by atoms with Crippen LogP contribution in [0.4, 0.5) is 4.79 Å². The minimum absolute atomic E-state index is 0.275. The lowest BCUT2D eigenvalue weighted by Gasteiger charge is -2.31. The second-order valence-electron chi connectivity index (χ2n) is 3.38. The molecule has 2 aliphatic heterocycles. The summed E-state index contributed by atoms with van der Waals surface area (Å²) in [6.07, 6.45) is 2.38. The van der Waals surface area contributed by atoms with Gasteiger partial charge in [0.25, 0.3) is 0 Å². The van der Waals surface area contributed by atoms with Gasteiger partial charge in [-0.1, -0.05) is 0 Å². The van der Waals surface area contributed by atoms with Crippen LogP contribution in [0, 0.1) is 0 Å². The molecule has 4 heteroatoms. The van der Waals surface area contributed by atoms with Crippen LogP contribution in [0.2, 0.25) is 0 Å². The Balaban J connectivity index is 2.02. The largest absolute Gasteiger partial charge is 0.351 e. The zero-order chi connectivity index (χ0) is 7.84. The normalized spacial score (nSPS) is 35.8. The fourth-order valence-corrected chi connectivity index (χ4v) is 1.98. The summed E-state index contributed by atoms with van der Waals surface area (Å²) in [6.45, 7) is 1.59. The predicted molar refractivity (Wildman–Crippen MR) is 41.1 cm³/mol. The molecule has 2 aliphatic rings. The van der Waals surface area contributed by atoms with Gasteiger partial charge in [0.05, 0.1) is 0 Å². The summed E-state index contributed by atoms with van der Waals surface area (Å²) < 4.78 is 0. The molecule has 62 valence electrons. The number of fused-ring (bicyclic) bond motifs is 2. The number of hydrogen-bond acceptors (Lipinski definition) is 2. The van der Waals surface area contributed by atoms with E-state index >= 15 is 0 Å². The van der Waals surface area contributed by atoms with Crippen LogP contribution < -0.4 is 11.1 Å². The number of nitrogens with one attached hydrogen (secondary N) is 1. The lowest BCUT2D eigenvalue weighted by Crippen LogP contribution is -2.54. The molecule has 0 spiro atoms. The zero-order valence-electron chi connectivity index (χ0n) is 6.42. The molecular weight excluding hydrogens is 142 g/mol. The second-order valence-corrected chi connectivity index (χ2v) is 3.38. The summed E-state index contributed by atoms with van der Waals surface area (Å²) in [7, 11) is 0. The summed E-state index contributed by atoms with van der Waals surface area (Å²) in [5.74, 6) is 0. The first kappa shape index (κ1) is 6.91. The van der Waals surface area contributed by atoms with Crippen LogP contribution in [0.1, 0.15) is 12.8 Å². The Kier molecular flexibility index (Phi) is 1.49. The number of nitrogens with two attached hydrogens (primary N) is 1. The van der Waals surface area contributed by atoms with E-state index in [-0.39, 0.29) is 6.03 Å². The highest BCUT2D eigenvalue weighted by molar-refractivity contribution is 5.72. The van der Waals surface area contributed by atoms with Crippen molar-refractivity contribution in [3.05, 3.63) is 0 Å². The smallest absolute Gasteiger partial charge is 0.314 e. The molecular formula is C7H13N3O. The first-order valence-electron chi connectivity index (χ1n) is 4.06. The lowest BCUT2D eigenvalue weighted by molar-refractivity contribution is 0.184. The van der Waals surface area contributed by atoms with E-state index in [0.717, 1.165) is 13.1 Å². The maximum Gasteiger partial charge on any atom is 0.314 e. The molecule has 2 heterocycles. The van der Waals surface area contributed by atoms with E-state index in [0.29, 0.717) is 12.1 Å². The fourth-order valence-electron chi connectivity index (χ4n) is 1.98. The number of likely N-dealkylation sites (tertiary alicyclic amines) is 1. The van der Waals surface area contributed by atoms with Crippen molar-refractivity contribution in [3.8, 4) is 0 Å². The maximum atomic E-state index is 10.8. The van der Waals surface area contributed by atoms with Crippen molar-refractivity contribution in [1.29, 1.82) is 0 Å². The third-order valence-corrected chi connectivity index (χ3v) is 2.53. The van der Waals surface area contributed by atoms with Gasteiger partial charge in [-0.25, -0.2) is 4.79 Å². The van der Waals surface area contributed by atoms with Crippen LogP contribution in [0.5, 0.6) is 0 Å². The van der Waals surface area contributed by atoms with E-state index in [2.05, 4.69) is 5.32 Å². The molecule has 0 aromatic rings. The van der Waals surface area contributed by atoms with Gasteiger partial charge in [-0.3, -0.25) is 0 Å². The molecule has 0 saturated carbocycles. The van der Waals surface area contributed by atoms with Crippen molar-refractivity contribution < 1.29 is 4.79 Å². The first-order valence-corrected chi connectivity index (χ1v) is 4.06. The molecule has 0 aromatic heterocycles. The fraction of sp³-hybridized carbons (Fsp3) is 0.857. The quantitative estimate of drug-likeness (QED) is 0.495. The van der Waals surface area contributed by atoms with Gasteiger partial charge in [-0.05, 0) is 12.8 Å². The third-order valence-electron chi connectivity index (χ3n) is 2.53. The van der Waals surface area contributed by atoms with Gasteiger partial charge in [0, 0.05) is 25.2 Å². The molecule has 2 amide bonds. The molecule has 3 N–H and O–H groups in total. The van der Waals surface area contributed by atoms with E-state index in [9.17, 15) is 4.79 Å². The summed E-state index contributed by atoms with van der Waals surface area (Å²) in [5.41, 5.74) is 5.18. The van der Waals surface area contributed by atoms with Crippen molar-refractivity contribution in [3.63, 3.8) is 0 Å². The Morgan fingerprint density at radius 1 is 1.36 bits per heavy atom. The maximum absolute atomic E-state index is 10.8. The standard InChI is InChI=1S/C7H13N3O/c8-7(11)10-3-5-1-2-6(4-10)9-5/h5-6,9H,1-4H2,(H2,8,11)/t5-,6?/m0/s1. The van der Waals surface area contributed by atoms with E-state index in [4.69, 9.17) is 5.73 Å². The predicted octanol–water partition coefficient (Wildman–Crippen LogP) is -0.499. The molecule has 0 aliphatic carbocycles. The topological polar surface area (TPSA) is 58.4 Å². The minimum Gasteiger partial charge on any atom is -0.351 e. The Bertz CT molecular complexity index is 171. The molecule has 2 rings (SSSR count). The SMILES string of the molecule is NC(=O)N1CC2CC[C@@H](C1)N2. The summed E-state index contributed by atoms with van der Waals surface area (Å²) >= 11 is 0. The van der Waals surface area contributed by atoms with Crippen LogP contribution >= 0.6 is 0 Å². The lowest BCUT2D eigenvalue weighted by atomic mass is 10.2. The number of carbonyl (C=O) groups excluding carboxylic acids is 1. The Morgan fingerprint density at radius 2 is 1.91 bits per heavy atom. The molecule has 0 radical (unpaired) electrons. The van der Waals surface area contributed by atoms with Gasteiger partial charge < -0.3 is 16.0 Å². The van der Waals surface area contributed by atoms with E-state index in [1.807, 2.05) is 0 Å². The minimum atomic E-state index is -0.275. The van der Waals surface area contributed by atoms with Crippen LogP contribution in [0.15, 0.2) is 0 Å². The van der Waals surface area contributed by atoms with Crippen molar-refractivity contribution in [1.82, 2.24) is 10.2 Å². The number of piperazine rings is 1. The highest BCUT2D eigenvalue weighted by Gasteiger charge is 2.33. The Labute approximate surface area is 65.7 Å². The van der Waals surface area contributed by atoms with Gasteiger partial charge in [-0.15, -0.1) is 0 Å². The second kappa shape index (κ2) is 2.37. The van der Waals surface area contributed by atoms with Gasteiger partial charge >= 0.3 is 6.03 Å². The molecule has 2 fully saturated rings. The molecule has 4 nitrogen and oxygen atoms in total. The number of nitrogens with zero attached hydrogens (tertiary/aromatic N) is 1. The van der Waals surface area contributed by atoms with Gasteiger partial charge in [-0.2, -0.15) is 0 Å². The molecule has 1 unspecified atom stereocenters. The number of rotatable bonds is 0. The van der Waals surface area contributed by atoms with Crippen molar-refractivity contribution in [2.75, 3.05) is 13.1 Å². The van der Waals surface area contributed by atoms with Crippen LogP contribution in [0.3, 0.4) is 0 Å². The molecule has 2 atom stereocenters. The van der Waals surface area contributed by atoms with Crippen molar-refractivity contribution >= 4 is 6.03 Å². The number of carbonyl (C=O) groups is 1. The molecule has 2 saturated heterocycles. The first-order chi connectivity index (χ1) is 5.25. The van der Waals surface area contributed by atoms with E-state index in [1.54, 1.807) is 4.90 Å². The Hall–Kier alpha value is -0.770.